The maximum atomic E-state index is 12.9. The number of H-pyrrole nitrogens is 1. The molecule has 0 saturated heterocycles. The van der Waals surface area contributed by atoms with Crippen molar-refractivity contribution in [1.29, 1.82) is 0 Å². The quantitative estimate of drug-likeness (QED) is 0.376. The number of fused-ring (bicyclic) bond motifs is 1. The summed E-state index contributed by atoms with van der Waals surface area (Å²) in [6.07, 6.45) is 4.45. The van der Waals surface area contributed by atoms with Crippen LogP contribution in [-0.2, 0) is 6.42 Å². The molecule has 0 aliphatic rings. The summed E-state index contributed by atoms with van der Waals surface area (Å²) in [4.78, 5) is 16.1. The fourth-order valence-corrected chi connectivity index (χ4v) is 4.32. The van der Waals surface area contributed by atoms with Gasteiger partial charge in [0.1, 0.15) is 6.33 Å². The summed E-state index contributed by atoms with van der Waals surface area (Å²) in [5, 5.41) is 9.97. The number of aromatic nitrogens is 4. The largest absolute Gasteiger partial charge is 0.360 e. The molecule has 28 heavy (non-hydrogen) atoms. The van der Waals surface area contributed by atoms with Crippen LogP contribution in [0.2, 0.25) is 0 Å². The Bertz CT molecular complexity index is 1160. The molecule has 0 bridgehead atoms. The van der Waals surface area contributed by atoms with Gasteiger partial charge < -0.3 is 4.98 Å². The first-order chi connectivity index (χ1) is 13.6. The third-order valence-corrected chi connectivity index (χ3v) is 5.89. The number of rotatable bonds is 6. The fraction of sp³-hybridized carbons (Fsp3) is 0.227. The molecule has 0 spiro atoms. The molecule has 0 unspecified atom stereocenters. The summed E-state index contributed by atoms with van der Waals surface area (Å²) in [5.74, 6) is 0.395. The molecular formula is C22H22N4OS. The lowest BCUT2D eigenvalue weighted by molar-refractivity contribution is 0.102. The minimum atomic E-state index is 0.0830. The van der Waals surface area contributed by atoms with Crippen LogP contribution in [0.4, 0.5) is 0 Å². The highest BCUT2D eigenvalue weighted by molar-refractivity contribution is 7.99. The van der Waals surface area contributed by atoms with Crippen molar-refractivity contribution >= 4 is 28.4 Å². The predicted molar refractivity (Wildman–Crippen MR) is 114 cm³/mol. The fourth-order valence-electron chi connectivity index (χ4n) is 3.51. The molecule has 0 atom stereocenters. The zero-order chi connectivity index (χ0) is 19.7. The minimum Gasteiger partial charge on any atom is -0.360 e. The Morgan fingerprint density at radius 3 is 2.86 bits per heavy atom. The van der Waals surface area contributed by atoms with Crippen LogP contribution < -0.4 is 0 Å². The molecule has 0 aliphatic heterocycles. The minimum absolute atomic E-state index is 0.0830. The molecule has 2 aromatic carbocycles. The Hall–Kier alpha value is -2.86. The monoisotopic (exact) mass is 390 g/mol. The van der Waals surface area contributed by atoms with Crippen molar-refractivity contribution in [3.63, 3.8) is 0 Å². The number of aryl methyl sites for hydroxylation is 3. The molecule has 0 fully saturated rings. The highest BCUT2D eigenvalue weighted by atomic mass is 32.2. The molecule has 142 valence electrons. The smallest absolute Gasteiger partial charge is 0.196 e. The normalized spacial score (nSPS) is 11.2. The van der Waals surface area contributed by atoms with Crippen LogP contribution in [0.1, 0.15) is 34.0 Å². The molecular weight excluding hydrogens is 368 g/mol. The van der Waals surface area contributed by atoms with Gasteiger partial charge in [-0.2, -0.15) is 0 Å². The van der Waals surface area contributed by atoms with Gasteiger partial charge in [0.2, 0.25) is 0 Å². The second-order valence-electron chi connectivity index (χ2n) is 6.88. The van der Waals surface area contributed by atoms with Gasteiger partial charge in [0, 0.05) is 22.7 Å². The van der Waals surface area contributed by atoms with E-state index in [1.54, 1.807) is 6.33 Å². The molecule has 5 nitrogen and oxygen atoms in total. The topological polar surface area (TPSA) is 63.6 Å². The Balaban J connectivity index is 1.56. The van der Waals surface area contributed by atoms with Gasteiger partial charge >= 0.3 is 0 Å². The lowest BCUT2D eigenvalue weighted by Crippen LogP contribution is -2.04. The van der Waals surface area contributed by atoms with E-state index in [0.29, 0.717) is 5.75 Å². The van der Waals surface area contributed by atoms with Crippen molar-refractivity contribution in [1.82, 2.24) is 19.7 Å². The number of thioether (sulfide) groups is 1. The van der Waals surface area contributed by atoms with Gasteiger partial charge in [-0.1, -0.05) is 54.6 Å². The van der Waals surface area contributed by atoms with Crippen molar-refractivity contribution < 1.29 is 4.79 Å². The van der Waals surface area contributed by atoms with E-state index in [1.807, 2.05) is 22.9 Å². The summed E-state index contributed by atoms with van der Waals surface area (Å²) in [7, 11) is 0. The van der Waals surface area contributed by atoms with Crippen LogP contribution in [-0.4, -0.2) is 31.3 Å². The van der Waals surface area contributed by atoms with Crippen LogP contribution >= 0.6 is 11.8 Å². The summed E-state index contributed by atoms with van der Waals surface area (Å²) < 4.78 is 1.94. The van der Waals surface area contributed by atoms with Crippen molar-refractivity contribution in [2.45, 2.75) is 32.3 Å². The van der Waals surface area contributed by atoms with Crippen LogP contribution in [0.15, 0.2) is 54.1 Å². The SMILES string of the molecule is CCc1cccc2c(C(=O)CSc3nncn3-c3ccc(C)cc3C)c[nH]c12. The standard InChI is InChI=1S/C22H22N4OS/c1-4-16-6-5-7-17-18(11-23-21(16)17)20(27)12-28-22-25-24-13-26(22)19-9-8-14(2)10-15(19)3/h5-11,13,23H,4,12H2,1-3H3. The van der Waals surface area contributed by atoms with E-state index in [1.165, 1.54) is 22.9 Å². The third-order valence-electron chi connectivity index (χ3n) is 4.94. The molecule has 1 N–H and O–H groups in total. The summed E-state index contributed by atoms with van der Waals surface area (Å²) in [6.45, 7) is 6.26. The summed E-state index contributed by atoms with van der Waals surface area (Å²) >= 11 is 1.41. The maximum Gasteiger partial charge on any atom is 0.196 e. The Morgan fingerprint density at radius 1 is 1.21 bits per heavy atom. The van der Waals surface area contributed by atoms with E-state index in [9.17, 15) is 4.79 Å². The number of carbonyl (C=O) groups excluding carboxylic acids is 1. The van der Waals surface area contributed by atoms with E-state index in [2.05, 4.69) is 60.2 Å². The van der Waals surface area contributed by atoms with Gasteiger partial charge in [0.25, 0.3) is 0 Å². The van der Waals surface area contributed by atoms with Crippen molar-refractivity contribution in [3.8, 4) is 5.69 Å². The molecule has 0 saturated carbocycles. The van der Waals surface area contributed by atoms with Gasteiger partial charge in [-0.15, -0.1) is 10.2 Å². The number of para-hydroxylation sites is 1. The number of aromatic amines is 1. The van der Waals surface area contributed by atoms with Crippen LogP contribution in [0.5, 0.6) is 0 Å². The van der Waals surface area contributed by atoms with Crippen LogP contribution in [0.25, 0.3) is 16.6 Å². The average Bonchev–Trinajstić information content (AvgIpc) is 3.33. The second kappa shape index (κ2) is 7.64. The number of benzene rings is 2. The third kappa shape index (κ3) is 3.36. The Kier molecular flexibility index (Phi) is 5.05. The summed E-state index contributed by atoms with van der Waals surface area (Å²) in [6, 6.07) is 12.4. The van der Waals surface area contributed by atoms with Crippen molar-refractivity contribution in [3.05, 3.63) is 71.2 Å². The number of carbonyl (C=O) groups is 1. The number of Topliss-reactive ketones (excluding diaryl/α,β-unsaturated/α-hetero) is 1. The molecule has 4 aromatic rings. The van der Waals surface area contributed by atoms with E-state index in [4.69, 9.17) is 0 Å². The zero-order valence-electron chi connectivity index (χ0n) is 16.2. The van der Waals surface area contributed by atoms with Crippen molar-refractivity contribution in [2.24, 2.45) is 0 Å². The summed E-state index contributed by atoms with van der Waals surface area (Å²) in [5.41, 5.74) is 6.40. The first-order valence-electron chi connectivity index (χ1n) is 9.31. The molecule has 4 rings (SSSR count). The molecule has 2 heterocycles. The van der Waals surface area contributed by atoms with Gasteiger partial charge in [-0.05, 0) is 37.5 Å². The number of ketones is 1. The number of hydrogen-bond acceptors (Lipinski definition) is 4. The average molecular weight is 391 g/mol. The van der Waals surface area contributed by atoms with E-state index < -0.39 is 0 Å². The van der Waals surface area contributed by atoms with Gasteiger partial charge in [-0.3, -0.25) is 9.36 Å². The molecule has 6 heteroatoms. The van der Waals surface area contributed by atoms with Gasteiger partial charge in [0.15, 0.2) is 10.9 Å². The highest BCUT2D eigenvalue weighted by Gasteiger charge is 2.16. The Morgan fingerprint density at radius 2 is 2.07 bits per heavy atom. The molecule has 2 aromatic heterocycles. The van der Waals surface area contributed by atoms with Gasteiger partial charge in [-0.25, -0.2) is 0 Å². The molecule has 0 amide bonds. The molecule has 0 radical (unpaired) electrons. The second-order valence-corrected chi connectivity index (χ2v) is 7.82. The first-order valence-corrected chi connectivity index (χ1v) is 10.3. The number of nitrogens with zero attached hydrogens (tertiary/aromatic N) is 3. The maximum absolute atomic E-state index is 12.9. The van der Waals surface area contributed by atoms with E-state index in [0.717, 1.165) is 39.3 Å². The van der Waals surface area contributed by atoms with Crippen molar-refractivity contribution in [2.75, 3.05) is 5.75 Å². The Labute approximate surface area is 168 Å². The van der Waals surface area contributed by atoms with E-state index in [-0.39, 0.29) is 5.78 Å². The van der Waals surface area contributed by atoms with Gasteiger partial charge in [0.05, 0.1) is 11.4 Å². The zero-order valence-corrected chi connectivity index (χ0v) is 17.0. The molecule has 0 aliphatic carbocycles. The number of nitrogens with one attached hydrogen (secondary N) is 1. The van der Waals surface area contributed by atoms with E-state index >= 15 is 0 Å². The predicted octanol–water partition coefficient (Wildman–Crippen LogP) is 4.90. The van der Waals surface area contributed by atoms with Crippen LogP contribution in [0, 0.1) is 13.8 Å². The van der Waals surface area contributed by atoms with Crippen LogP contribution in [0.3, 0.4) is 0 Å². The number of hydrogen-bond donors (Lipinski definition) is 1. The first kappa shape index (κ1) is 18.5. The lowest BCUT2D eigenvalue weighted by Gasteiger charge is -2.10. The highest BCUT2D eigenvalue weighted by Crippen LogP contribution is 2.26. The lowest BCUT2D eigenvalue weighted by atomic mass is 10.1.